The van der Waals surface area contributed by atoms with Crippen molar-refractivity contribution in [3.63, 3.8) is 0 Å². The lowest BCUT2D eigenvalue weighted by molar-refractivity contribution is -0.138. The number of esters is 1. The Morgan fingerprint density at radius 3 is 2.59 bits per heavy atom. The van der Waals surface area contributed by atoms with Crippen LogP contribution in [0.15, 0.2) is 17.7 Å². The maximum absolute atomic E-state index is 12.7. The largest absolute Gasteiger partial charge is 0.463 e. The van der Waals surface area contributed by atoms with E-state index >= 15 is 0 Å². The molecule has 0 N–H and O–H groups in total. The van der Waals surface area contributed by atoms with E-state index in [1.165, 1.54) is 0 Å². The Labute approximate surface area is 159 Å². The number of carbonyl (C=O) groups excluding carboxylic acids is 1. The minimum absolute atomic E-state index is 0.320. The van der Waals surface area contributed by atoms with Crippen molar-refractivity contribution in [2.75, 3.05) is 19.8 Å². The Balaban J connectivity index is 1.61. The van der Waals surface area contributed by atoms with Crippen LogP contribution in [0.3, 0.4) is 0 Å². The molecule has 1 saturated carbocycles. The van der Waals surface area contributed by atoms with E-state index < -0.39 is 15.4 Å². The fraction of sp³-hybridized carbons (Fsp3) is 0.550. The Bertz CT molecular complexity index is 876. The van der Waals surface area contributed by atoms with Crippen molar-refractivity contribution in [1.29, 1.82) is 0 Å². The summed E-state index contributed by atoms with van der Waals surface area (Å²) in [7, 11) is -3.71. The molecule has 6 nitrogen and oxygen atoms in total. The van der Waals surface area contributed by atoms with Gasteiger partial charge in [-0.05, 0) is 73.4 Å². The highest BCUT2D eigenvalue weighted by molar-refractivity contribution is 7.87. The monoisotopic (exact) mass is 392 g/mol. The zero-order valence-corrected chi connectivity index (χ0v) is 16.2. The predicted molar refractivity (Wildman–Crippen MR) is 100 cm³/mol. The van der Waals surface area contributed by atoms with Gasteiger partial charge in [-0.2, -0.15) is 8.42 Å². The molecule has 7 heteroatoms. The SMILES string of the molecule is CCOC(=O)C1=Cc2cc(C3CC3)c(OS(=O)(=O)C3CCOCC3)cc2C1. The third-order valence-electron chi connectivity index (χ3n) is 5.32. The van der Waals surface area contributed by atoms with E-state index in [0.717, 1.165) is 29.5 Å². The van der Waals surface area contributed by atoms with Gasteiger partial charge in [0.25, 0.3) is 0 Å². The number of benzene rings is 1. The standard InChI is InChI=1S/C20H24O6S/c1-2-25-20(21)16-9-14-11-18(13-3-4-13)19(12-15(14)10-16)26-27(22,23)17-5-7-24-8-6-17/h9,11-13,17H,2-8,10H2,1H3. The highest BCUT2D eigenvalue weighted by atomic mass is 32.2. The van der Waals surface area contributed by atoms with Gasteiger partial charge in [-0.15, -0.1) is 0 Å². The quantitative estimate of drug-likeness (QED) is 0.547. The molecule has 0 unspecified atom stereocenters. The van der Waals surface area contributed by atoms with E-state index in [-0.39, 0.29) is 5.97 Å². The highest BCUT2D eigenvalue weighted by Gasteiger charge is 2.34. The summed E-state index contributed by atoms with van der Waals surface area (Å²) in [6, 6.07) is 3.77. The van der Waals surface area contributed by atoms with Gasteiger partial charge in [0.05, 0.1) is 6.61 Å². The minimum atomic E-state index is -3.71. The smallest absolute Gasteiger partial charge is 0.334 e. The molecule has 0 radical (unpaired) electrons. The topological polar surface area (TPSA) is 78.9 Å². The molecule has 2 aliphatic carbocycles. The van der Waals surface area contributed by atoms with Crippen LogP contribution in [0.2, 0.25) is 0 Å². The first-order valence-corrected chi connectivity index (χ1v) is 11.0. The summed E-state index contributed by atoms with van der Waals surface area (Å²) in [5.74, 6) is 0.426. The second-order valence-corrected chi connectivity index (χ2v) is 9.14. The van der Waals surface area contributed by atoms with E-state index in [4.69, 9.17) is 13.7 Å². The summed E-state index contributed by atoms with van der Waals surface area (Å²) in [4.78, 5) is 12.0. The van der Waals surface area contributed by atoms with E-state index in [0.29, 0.717) is 56.3 Å². The maximum atomic E-state index is 12.7. The summed E-state index contributed by atoms with van der Waals surface area (Å²) in [5, 5.41) is -0.528. The van der Waals surface area contributed by atoms with Gasteiger partial charge in [-0.1, -0.05) is 0 Å². The average Bonchev–Trinajstić information content (AvgIpc) is 3.41. The van der Waals surface area contributed by atoms with Crippen molar-refractivity contribution in [3.8, 4) is 5.75 Å². The molecule has 1 saturated heterocycles. The molecule has 0 atom stereocenters. The summed E-state index contributed by atoms with van der Waals surface area (Å²) < 4.78 is 41.5. The molecule has 1 aromatic rings. The van der Waals surface area contributed by atoms with Crippen LogP contribution in [0.5, 0.6) is 5.75 Å². The zero-order valence-electron chi connectivity index (χ0n) is 15.4. The Kier molecular flexibility index (Phi) is 4.99. The molecular formula is C20H24O6S. The first-order chi connectivity index (χ1) is 13.0. The van der Waals surface area contributed by atoms with Gasteiger partial charge in [0, 0.05) is 25.2 Å². The van der Waals surface area contributed by atoms with E-state index in [2.05, 4.69) is 0 Å². The van der Waals surface area contributed by atoms with Crippen molar-refractivity contribution in [1.82, 2.24) is 0 Å². The van der Waals surface area contributed by atoms with Gasteiger partial charge in [0.1, 0.15) is 11.0 Å². The lowest BCUT2D eigenvalue weighted by Crippen LogP contribution is -2.32. The van der Waals surface area contributed by atoms with Gasteiger partial charge in [-0.3, -0.25) is 0 Å². The van der Waals surface area contributed by atoms with Crippen LogP contribution in [-0.4, -0.2) is 39.5 Å². The molecule has 1 aliphatic heterocycles. The summed E-state index contributed by atoms with van der Waals surface area (Å²) in [6.45, 7) is 3.00. The molecule has 0 spiro atoms. The molecule has 27 heavy (non-hydrogen) atoms. The maximum Gasteiger partial charge on any atom is 0.334 e. The Hall–Kier alpha value is -1.86. The normalized spacial score (nSPS) is 20.1. The summed E-state index contributed by atoms with van der Waals surface area (Å²) in [5.41, 5.74) is 3.37. The molecule has 0 amide bonds. The number of rotatable bonds is 6. The summed E-state index contributed by atoms with van der Waals surface area (Å²) >= 11 is 0. The molecular weight excluding hydrogens is 368 g/mol. The molecule has 0 aromatic heterocycles. The number of fused-ring (bicyclic) bond motifs is 1. The fourth-order valence-corrected chi connectivity index (χ4v) is 4.99. The van der Waals surface area contributed by atoms with Crippen molar-refractivity contribution < 1.29 is 26.9 Å². The number of hydrogen-bond acceptors (Lipinski definition) is 6. The number of ether oxygens (including phenoxy) is 2. The Morgan fingerprint density at radius 1 is 1.19 bits per heavy atom. The molecule has 4 rings (SSSR count). The molecule has 2 fully saturated rings. The third-order valence-corrected chi connectivity index (χ3v) is 7.02. The van der Waals surface area contributed by atoms with E-state index in [9.17, 15) is 13.2 Å². The third kappa shape index (κ3) is 3.89. The molecule has 3 aliphatic rings. The second-order valence-electron chi connectivity index (χ2n) is 7.32. The van der Waals surface area contributed by atoms with Crippen molar-refractivity contribution in [2.45, 2.75) is 50.2 Å². The van der Waals surface area contributed by atoms with Crippen LogP contribution in [0.1, 0.15) is 55.2 Å². The molecule has 1 heterocycles. The van der Waals surface area contributed by atoms with Gasteiger partial charge in [0.15, 0.2) is 0 Å². The van der Waals surface area contributed by atoms with Gasteiger partial charge in [0.2, 0.25) is 0 Å². The average molecular weight is 392 g/mol. The first-order valence-electron chi connectivity index (χ1n) is 9.53. The van der Waals surface area contributed by atoms with E-state index in [1.54, 1.807) is 13.0 Å². The zero-order chi connectivity index (χ0) is 19.0. The van der Waals surface area contributed by atoms with Crippen LogP contribution < -0.4 is 4.18 Å². The molecule has 1 aromatic carbocycles. The van der Waals surface area contributed by atoms with Crippen LogP contribution in [0, 0.1) is 0 Å². The summed E-state index contributed by atoms with van der Waals surface area (Å²) in [6.07, 6.45) is 5.26. The number of carbonyl (C=O) groups is 1. The molecule has 146 valence electrons. The predicted octanol–water partition coefficient (Wildman–Crippen LogP) is 2.95. The van der Waals surface area contributed by atoms with Gasteiger partial charge < -0.3 is 13.7 Å². The van der Waals surface area contributed by atoms with Crippen molar-refractivity contribution in [2.24, 2.45) is 0 Å². The lowest BCUT2D eigenvalue weighted by Gasteiger charge is -2.23. The van der Waals surface area contributed by atoms with Crippen LogP contribution >= 0.6 is 0 Å². The first kappa shape index (κ1) is 18.5. The van der Waals surface area contributed by atoms with Gasteiger partial charge in [-0.25, -0.2) is 4.79 Å². The van der Waals surface area contributed by atoms with Gasteiger partial charge >= 0.3 is 16.1 Å². The highest BCUT2D eigenvalue weighted by Crippen LogP contribution is 2.47. The fourth-order valence-electron chi connectivity index (χ4n) is 3.69. The minimum Gasteiger partial charge on any atom is -0.463 e. The van der Waals surface area contributed by atoms with Crippen molar-refractivity contribution >= 4 is 22.2 Å². The van der Waals surface area contributed by atoms with E-state index in [1.807, 2.05) is 12.1 Å². The number of hydrogen-bond donors (Lipinski definition) is 0. The Morgan fingerprint density at radius 2 is 1.93 bits per heavy atom. The van der Waals surface area contributed by atoms with Crippen LogP contribution in [0.4, 0.5) is 0 Å². The second kappa shape index (κ2) is 7.28. The van der Waals surface area contributed by atoms with Crippen LogP contribution in [0.25, 0.3) is 6.08 Å². The lowest BCUT2D eigenvalue weighted by atomic mass is 10.0. The molecule has 0 bridgehead atoms. The van der Waals surface area contributed by atoms with Crippen molar-refractivity contribution in [3.05, 3.63) is 34.4 Å². The van der Waals surface area contributed by atoms with Crippen LogP contribution in [-0.2, 0) is 30.8 Å².